The van der Waals surface area contributed by atoms with Gasteiger partial charge in [-0.15, -0.1) is 0 Å². The van der Waals surface area contributed by atoms with Crippen molar-refractivity contribution in [3.05, 3.63) is 89.8 Å². The molecule has 0 N–H and O–H groups in total. The lowest BCUT2D eigenvalue weighted by Gasteiger charge is -2.14. The lowest BCUT2D eigenvalue weighted by atomic mass is 10.1. The molecule has 0 aliphatic carbocycles. The summed E-state index contributed by atoms with van der Waals surface area (Å²) in [5, 5.41) is 6.83. The van der Waals surface area contributed by atoms with Gasteiger partial charge in [-0.2, -0.15) is 0 Å². The molecule has 4 aromatic rings. The Morgan fingerprint density at radius 3 is 1.96 bits per heavy atom. The molecule has 0 spiro atoms. The molecule has 4 rings (SSSR count). The van der Waals surface area contributed by atoms with Gasteiger partial charge in [0.2, 0.25) is 0 Å². The average Bonchev–Trinajstić information content (AvgIpc) is 2.71. The highest BCUT2D eigenvalue weighted by Gasteiger charge is 2.10. The van der Waals surface area contributed by atoms with Crippen LogP contribution in [0.25, 0.3) is 21.8 Å². The monoisotopic (exact) mass is 342 g/mol. The van der Waals surface area contributed by atoms with Crippen LogP contribution in [0.1, 0.15) is 17.3 Å². The highest BCUT2D eigenvalue weighted by Crippen LogP contribution is 2.19. The van der Waals surface area contributed by atoms with Crippen molar-refractivity contribution in [3.63, 3.8) is 0 Å². The smallest absolute Gasteiger partial charge is 0.341 e. The summed E-state index contributed by atoms with van der Waals surface area (Å²) < 4.78 is 2.24. The fourth-order valence-electron chi connectivity index (χ4n) is 3.25. The zero-order valence-electron chi connectivity index (χ0n) is 14.4. The standard InChI is InChI=1S/C22H18N2O2/c1-2-24-19-14-8-6-12-17(19)21(18-13-7-9-15-20(18)24)23-26-22(25)16-10-4-3-5-11-16/h3-15H,2H2,1H3. The molecule has 0 radical (unpaired) electrons. The molecule has 0 amide bonds. The number of rotatable bonds is 3. The van der Waals surface area contributed by atoms with Gasteiger partial charge in [-0.05, 0) is 31.2 Å². The SMILES string of the molecule is CCn1c2ccccc2c(=NOC(=O)c2ccccc2)c2ccccc21. The third-order valence-corrected chi connectivity index (χ3v) is 4.45. The Bertz CT molecular complexity index is 1100. The second kappa shape index (κ2) is 6.84. The summed E-state index contributed by atoms with van der Waals surface area (Å²) in [5.74, 6) is -0.467. The van der Waals surface area contributed by atoms with Crippen molar-refractivity contribution in [1.29, 1.82) is 0 Å². The minimum Gasteiger partial charge on any atom is -0.341 e. The summed E-state index contributed by atoms with van der Waals surface area (Å²) in [5.41, 5.74) is 2.59. The number of hydrogen-bond donors (Lipinski definition) is 0. The Balaban J connectivity index is 1.94. The number of benzene rings is 3. The molecule has 128 valence electrons. The van der Waals surface area contributed by atoms with Crippen LogP contribution in [0.5, 0.6) is 0 Å². The van der Waals surface area contributed by atoms with Crippen LogP contribution in [0.3, 0.4) is 0 Å². The van der Waals surface area contributed by atoms with E-state index in [0.29, 0.717) is 10.9 Å². The van der Waals surface area contributed by atoms with E-state index in [9.17, 15) is 4.79 Å². The maximum atomic E-state index is 12.3. The summed E-state index contributed by atoms with van der Waals surface area (Å²) in [6, 6.07) is 24.9. The predicted octanol–water partition coefficient (Wildman–Crippen LogP) is 4.49. The van der Waals surface area contributed by atoms with E-state index >= 15 is 0 Å². The zero-order chi connectivity index (χ0) is 17.9. The molecule has 0 fully saturated rings. The van der Waals surface area contributed by atoms with Gasteiger partial charge in [-0.25, -0.2) is 4.79 Å². The van der Waals surface area contributed by atoms with E-state index in [1.807, 2.05) is 42.5 Å². The quantitative estimate of drug-likeness (QED) is 0.313. The van der Waals surface area contributed by atoms with Gasteiger partial charge in [-0.1, -0.05) is 59.8 Å². The first-order valence-corrected chi connectivity index (χ1v) is 8.60. The lowest BCUT2D eigenvalue weighted by Crippen LogP contribution is -2.14. The Hall–Kier alpha value is -3.40. The summed E-state index contributed by atoms with van der Waals surface area (Å²) in [7, 11) is 0. The number of pyridine rings is 1. The van der Waals surface area contributed by atoms with E-state index in [1.165, 1.54) is 0 Å². The molecule has 0 saturated carbocycles. The molecule has 0 aliphatic rings. The second-order valence-corrected chi connectivity index (χ2v) is 5.96. The van der Waals surface area contributed by atoms with Crippen LogP contribution in [-0.4, -0.2) is 10.5 Å². The molecule has 1 heterocycles. The predicted molar refractivity (Wildman–Crippen MR) is 103 cm³/mol. The number of aryl methyl sites for hydroxylation is 1. The van der Waals surface area contributed by atoms with E-state index in [1.54, 1.807) is 24.3 Å². The Morgan fingerprint density at radius 1 is 0.846 bits per heavy atom. The number of carbonyl (C=O) groups excluding carboxylic acids is 1. The van der Waals surface area contributed by atoms with Crippen LogP contribution in [0, 0.1) is 0 Å². The van der Waals surface area contributed by atoms with Gasteiger partial charge < -0.3 is 9.40 Å². The average molecular weight is 342 g/mol. The number of fused-ring (bicyclic) bond motifs is 2. The maximum Gasteiger partial charge on any atom is 0.365 e. The highest BCUT2D eigenvalue weighted by atomic mass is 16.7. The van der Waals surface area contributed by atoms with Gasteiger partial charge in [0.1, 0.15) is 5.36 Å². The van der Waals surface area contributed by atoms with Crippen LogP contribution in [0.15, 0.2) is 84.0 Å². The number of nitrogens with zero attached hydrogens (tertiary/aromatic N) is 2. The van der Waals surface area contributed by atoms with E-state index in [-0.39, 0.29) is 0 Å². The van der Waals surface area contributed by atoms with Gasteiger partial charge in [0.25, 0.3) is 0 Å². The molecule has 4 nitrogen and oxygen atoms in total. The van der Waals surface area contributed by atoms with E-state index in [2.05, 4.69) is 28.8 Å². The van der Waals surface area contributed by atoms with Gasteiger partial charge in [0.05, 0.1) is 16.6 Å². The van der Waals surface area contributed by atoms with Gasteiger partial charge in [0.15, 0.2) is 0 Å². The zero-order valence-corrected chi connectivity index (χ0v) is 14.4. The molecule has 1 aromatic heterocycles. The fraction of sp³-hybridized carbons (Fsp3) is 0.0909. The molecule has 0 unspecified atom stereocenters. The van der Waals surface area contributed by atoms with Crippen molar-refractivity contribution in [2.45, 2.75) is 13.5 Å². The van der Waals surface area contributed by atoms with E-state index in [4.69, 9.17) is 4.84 Å². The van der Waals surface area contributed by atoms with Crippen molar-refractivity contribution in [2.24, 2.45) is 5.16 Å². The van der Waals surface area contributed by atoms with E-state index < -0.39 is 5.97 Å². The summed E-state index contributed by atoms with van der Waals surface area (Å²) in [6.07, 6.45) is 0. The highest BCUT2D eigenvalue weighted by molar-refractivity contribution is 5.93. The van der Waals surface area contributed by atoms with Crippen molar-refractivity contribution >= 4 is 27.8 Å². The van der Waals surface area contributed by atoms with Crippen LogP contribution in [0.4, 0.5) is 0 Å². The molecule has 26 heavy (non-hydrogen) atoms. The van der Waals surface area contributed by atoms with Crippen LogP contribution in [-0.2, 0) is 11.4 Å². The molecule has 0 atom stereocenters. The van der Waals surface area contributed by atoms with Crippen LogP contribution in [0.2, 0.25) is 0 Å². The number of hydrogen-bond acceptors (Lipinski definition) is 3. The van der Waals surface area contributed by atoms with Crippen LogP contribution < -0.4 is 5.36 Å². The third kappa shape index (κ3) is 2.75. The first-order chi connectivity index (χ1) is 12.8. The third-order valence-electron chi connectivity index (χ3n) is 4.45. The van der Waals surface area contributed by atoms with Crippen molar-refractivity contribution < 1.29 is 9.63 Å². The minimum absolute atomic E-state index is 0.467. The Labute approximate surface area is 151 Å². The van der Waals surface area contributed by atoms with Gasteiger partial charge in [0, 0.05) is 17.3 Å². The number of para-hydroxylation sites is 2. The van der Waals surface area contributed by atoms with Crippen molar-refractivity contribution in [3.8, 4) is 0 Å². The Morgan fingerprint density at radius 2 is 1.38 bits per heavy atom. The fourth-order valence-corrected chi connectivity index (χ4v) is 3.25. The first-order valence-electron chi connectivity index (χ1n) is 8.60. The normalized spacial score (nSPS) is 10.8. The molecular formula is C22H18N2O2. The largest absolute Gasteiger partial charge is 0.365 e. The molecule has 0 aliphatic heterocycles. The minimum atomic E-state index is -0.467. The molecule has 0 bridgehead atoms. The summed E-state index contributed by atoms with van der Waals surface area (Å²) in [4.78, 5) is 17.6. The first kappa shape index (κ1) is 16.1. The second-order valence-electron chi connectivity index (χ2n) is 5.96. The van der Waals surface area contributed by atoms with Gasteiger partial charge >= 0.3 is 5.97 Å². The topological polar surface area (TPSA) is 43.6 Å². The summed E-state index contributed by atoms with van der Waals surface area (Å²) >= 11 is 0. The molecule has 4 heteroatoms. The molecular weight excluding hydrogens is 324 g/mol. The maximum absolute atomic E-state index is 12.3. The van der Waals surface area contributed by atoms with Crippen LogP contribution >= 0.6 is 0 Å². The molecule has 3 aromatic carbocycles. The van der Waals surface area contributed by atoms with E-state index in [0.717, 1.165) is 28.4 Å². The lowest BCUT2D eigenvalue weighted by molar-refractivity contribution is 0.0499. The number of carbonyl (C=O) groups is 1. The molecule has 0 saturated heterocycles. The van der Waals surface area contributed by atoms with Crippen molar-refractivity contribution in [2.75, 3.05) is 0 Å². The Kier molecular flexibility index (Phi) is 4.23. The number of aromatic nitrogens is 1. The summed E-state index contributed by atoms with van der Waals surface area (Å²) in [6.45, 7) is 2.95. The van der Waals surface area contributed by atoms with Gasteiger partial charge in [-0.3, -0.25) is 0 Å². The van der Waals surface area contributed by atoms with Crippen molar-refractivity contribution in [1.82, 2.24) is 4.57 Å².